The van der Waals surface area contributed by atoms with Crippen molar-refractivity contribution in [1.82, 2.24) is 14.5 Å². The molecule has 1 heterocycles. The molecule has 0 aliphatic rings. The number of nitrogens with one attached hydrogen (secondary N) is 2. The van der Waals surface area contributed by atoms with E-state index in [1.165, 1.54) is 19.2 Å². The Bertz CT molecular complexity index is 1330. The SMILES string of the molecule is Cc1ccc(NC(=O)[C@@H](C)n2ncc(Cl)c(Cl)c2=O)cc1S(=O)(=O)NCCc1ccccc1. The molecular weight excluding hydrogens is 487 g/mol. The quantitative estimate of drug-likeness (QED) is 0.483. The topological polar surface area (TPSA) is 110 Å². The number of carbonyl (C=O) groups is 1. The van der Waals surface area contributed by atoms with Crippen LogP contribution in [0.1, 0.15) is 24.1 Å². The summed E-state index contributed by atoms with van der Waals surface area (Å²) < 4.78 is 29.2. The number of carbonyl (C=O) groups excluding carboxylic acids is 1. The standard InChI is InChI=1S/C22H22Cl2N4O4S/c1-14-8-9-17(27-21(29)15(2)28-22(30)20(24)18(23)13-25-28)12-19(14)33(31,32)26-11-10-16-6-4-3-5-7-16/h3-9,12-13,15,26H,10-11H2,1-2H3,(H,27,29)/t15-/m1/s1. The average molecular weight is 509 g/mol. The van der Waals surface area contributed by atoms with E-state index in [1.54, 1.807) is 19.1 Å². The molecule has 174 valence electrons. The lowest BCUT2D eigenvalue weighted by atomic mass is 10.2. The molecule has 1 atom stereocenters. The number of hydrogen-bond acceptors (Lipinski definition) is 5. The maximum Gasteiger partial charge on any atom is 0.287 e. The van der Waals surface area contributed by atoms with Crippen molar-refractivity contribution in [2.75, 3.05) is 11.9 Å². The number of halogens is 2. The number of aromatic nitrogens is 2. The van der Waals surface area contributed by atoms with Gasteiger partial charge >= 0.3 is 0 Å². The van der Waals surface area contributed by atoms with Crippen molar-refractivity contribution in [3.8, 4) is 0 Å². The van der Waals surface area contributed by atoms with E-state index in [4.69, 9.17) is 23.2 Å². The minimum Gasteiger partial charge on any atom is -0.324 e. The maximum atomic E-state index is 12.8. The molecular formula is C22H22Cl2N4O4S. The third kappa shape index (κ3) is 6.00. The molecule has 2 N–H and O–H groups in total. The number of sulfonamides is 1. The molecule has 8 nitrogen and oxygen atoms in total. The van der Waals surface area contributed by atoms with Gasteiger partial charge in [-0.3, -0.25) is 9.59 Å². The van der Waals surface area contributed by atoms with E-state index in [9.17, 15) is 18.0 Å². The normalized spacial score (nSPS) is 12.4. The van der Waals surface area contributed by atoms with Crippen molar-refractivity contribution in [3.63, 3.8) is 0 Å². The molecule has 0 saturated carbocycles. The molecule has 0 radical (unpaired) electrons. The van der Waals surface area contributed by atoms with E-state index >= 15 is 0 Å². The first kappa shape index (κ1) is 24.9. The van der Waals surface area contributed by atoms with E-state index < -0.39 is 27.5 Å². The van der Waals surface area contributed by atoms with Crippen LogP contribution < -0.4 is 15.6 Å². The van der Waals surface area contributed by atoms with Gasteiger partial charge in [0.1, 0.15) is 11.1 Å². The summed E-state index contributed by atoms with van der Waals surface area (Å²) >= 11 is 11.6. The largest absolute Gasteiger partial charge is 0.324 e. The molecule has 2 aromatic carbocycles. The van der Waals surface area contributed by atoms with Crippen LogP contribution in [0.3, 0.4) is 0 Å². The Morgan fingerprint density at radius 2 is 1.85 bits per heavy atom. The van der Waals surface area contributed by atoms with Crippen LogP contribution in [0.4, 0.5) is 5.69 Å². The van der Waals surface area contributed by atoms with Crippen LogP contribution in [0.2, 0.25) is 10.0 Å². The molecule has 0 fully saturated rings. The summed E-state index contributed by atoms with van der Waals surface area (Å²) in [6.07, 6.45) is 1.71. The van der Waals surface area contributed by atoms with Gasteiger partial charge in [-0.05, 0) is 43.5 Å². The number of benzene rings is 2. The first-order valence-electron chi connectivity index (χ1n) is 9.98. The molecule has 33 heavy (non-hydrogen) atoms. The monoisotopic (exact) mass is 508 g/mol. The first-order valence-corrected chi connectivity index (χ1v) is 12.2. The average Bonchev–Trinajstić information content (AvgIpc) is 2.79. The molecule has 0 saturated heterocycles. The highest BCUT2D eigenvalue weighted by atomic mass is 35.5. The van der Waals surface area contributed by atoms with Crippen molar-refractivity contribution in [2.24, 2.45) is 0 Å². The van der Waals surface area contributed by atoms with Gasteiger partial charge in [-0.15, -0.1) is 0 Å². The van der Waals surface area contributed by atoms with Crippen molar-refractivity contribution >= 4 is 44.8 Å². The highest BCUT2D eigenvalue weighted by Gasteiger charge is 2.22. The van der Waals surface area contributed by atoms with Gasteiger partial charge in [-0.25, -0.2) is 17.8 Å². The second-order valence-corrected chi connectivity index (χ2v) is 9.86. The van der Waals surface area contributed by atoms with E-state index in [-0.39, 0.29) is 27.2 Å². The van der Waals surface area contributed by atoms with E-state index in [2.05, 4.69) is 15.1 Å². The molecule has 3 aromatic rings. The second-order valence-electron chi connectivity index (χ2n) is 7.34. The highest BCUT2D eigenvalue weighted by molar-refractivity contribution is 7.89. The van der Waals surface area contributed by atoms with Crippen LogP contribution in [0.5, 0.6) is 0 Å². The molecule has 0 unspecified atom stereocenters. The van der Waals surface area contributed by atoms with Gasteiger partial charge in [0.15, 0.2) is 0 Å². The van der Waals surface area contributed by atoms with E-state index in [1.807, 2.05) is 30.3 Å². The lowest BCUT2D eigenvalue weighted by Gasteiger charge is -2.16. The summed E-state index contributed by atoms with van der Waals surface area (Å²) in [5.74, 6) is -0.577. The fourth-order valence-corrected chi connectivity index (χ4v) is 4.64. The van der Waals surface area contributed by atoms with Crippen molar-refractivity contribution in [3.05, 3.63) is 86.3 Å². The predicted molar refractivity (Wildman–Crippen MR) is 128 cm³/mol. The Kier molecular flexibility index (Phi) is 7.91. The molecule has 1 amide bonds. The summed E-state index contributed by atoms with van der Waals surface area (Å²) in [6.45, 7) is 3.36. The Balaban J connectivity index is 1.74. The second kappa shape index (κ2) is 10.5. The fourth-order valence-electron chi connectivity index (χ4n) is 3.08. The van der Waals surface area contributed by atoms with E-state index in [0.717, 1.165) is 10.2 Å². The minimum atomic E-state index is -3.81. The molecule has 0 aliphatic carbocycles. The Labute approximate surface area is 201 Å². The Hall–Kier alpha value is -2.72. The van der Waals surface area contributed by atoms with Crippen molar-refractivity contribution < 1.29 is 13.2 Å². The number of amides is 1. The van der Waals surface area contributed by atoms with Crippen LogP contribution in [0, 0.1) is 6.92 Å². The van der Waals surface area contributed by atoms with Crippen LogP contribution >= 0.6 is 23.2 Å². The van der Waals surface area contributed by atoms with Gasteiger partial charge < -0.3 is 5.32 Å². The van der Waals surface area contributed by atoms with Crippen LogP contribution in [0.25, 0.3) is 0 Å². The first-order chi connectivity index (χ1) is 15.6. The summed E-state index contributed by atoms with van der Waals surface area (Å²) in [6, 6.07) is 13.0. The lowest BCUT2D eigenvalue weighted by molar-refractivity contribution is -0.119. The third-order valence-electron chi connectivity index (χ3n) is 4.94. The van der Waals surface area contributed by atoms with E-state index in [0.29, 0.717) is 12.0 Å². The Morgan fingerprint density at radius 1 is 1.15 bits per heavy atom. The molecule has 3 rings (SSSR count). The summed E-state index contributed by atoms with van der Waals surface area (Å²) in [5.41, 5.74) is 1.09. The lowest BCUT2D eigenvalue weighted by Crippen LogP contribution is -2.33. The van der Waals surface area contributed by atoms with Gasteiger partial charge in [-0.1, -0.05) is 59.6 Å². The van der Waals surface area contributed by atoms with Gasteiger partial charge in [0.25, 0.3) is 5.56 Å². The number of rotatable bonds is 8. The number of anilines is 1. The summed E-state index contributed by atoms with van der Waals surface area (Å²) in [4.78, 5) is 25.0. The minimum absolute atomic E-state index is 0.0151. The molecule has 0 spiro atoms. The van der Waals surface area contributed by atoms with Crippen molar-refractivity contribution in [1.29, 1.82) is 0 Å². The number of aryl methyl sites for hydroxylation is 1. The molecule has 0 bridgehead atoms. The van der Waals surface area contributed by atoms with Gasteiger partial charge in [-0.2, -0.15) is 5.10 Å². The van der Waals surface area contributed by atoms with Gasteiger partial charge in [0, 0.05) is 12.2 Å². The molecule has 0 aliphatic heterocycles. The van der Waals surface area contributed by atoms with Gasteiger partial charge in [0.2, 0.25) is 15.9 Å². The summed E-state index contributed by atoms with van der Waals surface area (Å²) in [5, 5.41) is 6.21. The van der Waals surface area contributed by atoms with Crippen molar-refractivity contribution in [2.45, 2.75) is 31.2 Å². The molecule has 11 heteroatoms. The number of hydrogen-bond donors (Lipinski definition) is 2. The molecule has 1 aromatic heterocycles. The Morgan fingerprint density at radius 3 is 2.55 bits per heavy atom. The predicted octanol–water partition coefficient (Wildman–Crippen LogP) is 3.58. The van der Waals surface area contributed by atoms with Crippen LogP contribution in [0.15, 0.2) is 64.4 Å². The zero-order valence-corrected chi connectivity index (χ0v) is 20.2. The fraction of sp³-hybridized carbons (Fsp3) is 0.227. The van der Waals surface area contributed by atoms with Gasteiger partial charge in [0.05, 0.1) is 16.1 Å². The van der Waals surface area contributed by atoms with Crippen LogP contribution in [-0.4, -0.2) is 30.7 Å². The highest BCUT2D eigenvalue weighted by Crippen LogP contribution is 2.21. The third-order valence-corrected chi connectivity index (χ3v) is 7.29. The zero-order chi connectivity index (χ0) is 24.2. The smallest absolute Gasteiger partial charge is 0.287 e. The van der Waals surface area contributed by atoms with Crippen LogP contribution in [-0.2, 0) is 21.2 Å². The zero-order valence-electron chi connectivity index (χ0n) is 17.9. The summed E-state index contributed by atoms with van der Waals surface area (Å²) in [7, 11) is -3.81. The maximum absolute atomic E-state index is 12.8. The number of nitrogens with zero attached hydrogens (tertiary/aromatic N) is 2.